The number of benzene rings is 1. The third-order valence-corrected chi connectivity index (χ3v) is 3.41. The summed E-state index contributed by atoms with van der Waals surface area (Å²) in [6.45, 7) is 9.57. The monoisotopic (exact) mass is 279 g/mol. The van der Waals surface area contributed by atoms with E-state index in [2.05, 4.69) is 19.9 Å². The van der Waals surface area contributed by atoms with Crippen LogP contribution in [0.5, 0.6) is 5.75 Å². The van der Waals surface area contributed by atoms with Crippen molar-refractivity contribution in [2.45, 2.75) is 40.2 Å². The predicted octanol–water partition coefficient (Wildman–Crippen LogP) is 2.87. The SMILES string of the molecule is Cc1ccc(OCCCN(CC(=O)O)C(C)C)cc1C. The Bertz CT molecular complexity index is 443. The zero-order valence-corrected chi connectivity index (χ0v) is 12.8. The van der Waals surface area contributed by atoms with Crippen LogP contribution >= 0.6 is 0 Å². The lowest BCUT2D eigenvalue weighted by molar-refractivity contribution is -0.138. The minimum absolute atomic E-state index is 0.0846. The van der Waals surface area contributed by atoms with E-state index in [1.165, 1.54) is 11.1 Å². The van der Waals surface area contributed by atoms with Crippen LogP contribution < -0.4 is 4.74 Å². The van der Waals surface area contributed by atoms with Crippen molar-refractivity contribution in [1.29, 1.82) is 0 Å². The number of rotatable bonds is 8. The number of carbonyl (C=O) groups is 1. The first kappa shape index (κ1) is 16.5. The largest absolute Gasteiger partial charge is 0.494 e. The Morgan fingerprint density at radius 1 is 1.30 bits per heavy atom. The van der Waals surface area contributed by atoms with Crippen molar-refractivity contribution in [2.24, 2.45) is 0 Å². The maximum atomic E-state index is 10.8. The highest BCUT2D eigenvalue weighted by atomic mass is 16.5. The van der Waals surface area contributed by atoms with Gasteiger partial charge in [-0.1, -0.05) is 6.07 Å². The summed E-state index contributed by atoms with van der Waals surface area (Å²) in [6.07, 6.45) is 0.818. The maximum Gasteiger partial charge on any atom is 0.317 e. The van der Waals surface area contributed by atoms with Gasteiger partial charge in [0.05, 0.1) is 13.2 Å². The summed E-state index contributed by atoms with van der Waals surface area (Å²) in [7, 11) is 0. The lowest BCUT2D eigenvalue weighted by Gasteiger charge is -2.24. The number of carboxylic acids is 1. The Hall–Kier alpha value is -1.55. The highest BCUT2D eigenvalue weighted by Gasteiger charge is 2.12. The van der Waals surface area contributed by atoms with Crippen molar-refractivity contribution in [2.75, 3.05) is 19.7 Å². The molecule has 0 unspecified atom stereocenters. The Morgan fingerprint density at radius 2 is 2.00 bits per heavy atom. The third-order valence-electron chi connectivity index (χ3n) is 3.41. The minimum atomic E-state index is -0.784. The van der Waals surface area contributed by atoms with Crippen molar-refractivity contribution in [3.63, 3.8) is 0 Å². The summed E-state index contributed by atoms with van der Waals surface area (Å²) < 4.78 is 5.70. The number of hydrogen-bond acceptors (Lipinski definition) is 3. The molecule has 0 aliphatic rings. The second-order valence-electron chi connectivity index (χ2n) is 5.41. The predicted molar refractivity (Wildman–Crippen MR) is 80.4 cm³/mol. The molecule has 0 bridgehead atoms. The molecule has 1 aromatic rings. The summed E-state index contributed by atoms with van der Waals surface area (Å²) in [5.74, 6) is 0.0937. The number of ether oxygens (including phenoxy) is 1. The first-order valence-electron chi connectivity index (χ1n) is 7.06. The number of carboxylic acid groups (broad SMARTS) is 1. The molecule has 0 saturated heterocycles. The topological polar surface area (TPSA) is 49.8 Å². The quantitative estimate of drug-likeness (QED) is 0.743. The number of nitrogens with zero attached hydrogens (tertiary/aromatic N) is 1. The second-order valence-corrected chi connectivity index (χ2v) is 5.41. The molecule has 20 heavy (non-hydrogen) atoms. The summed E-state index contributed by atoms with van der Waals surface area (Å²) in [5.41, 5.74) is 2.47. The van der Waals surface area contributed by atoms with Gasteiger partial charge in [0.15, 0.2) is 0 Å². The molecule has 1 rings (SSSR count). The van der Waals surface area contributed by atoms with Crippen LogP contribution in [0.25, 0.3) is 0 Å². The summed E-state index contributed by atoms with van der Waals surface area (Å²) in [4.78, 5) is 12.7. The van der Waals surface area contributed by atoms with E-state index in [1.807, 2.05) is 30.9 Å². The van der Waals surface area contributed by atoms with Gasteiger partial charge in [0.25, 0.3) is 0 Å². The Kier molecular flexibility index (Phi) is 6.52. The van der Waals surface area contributed by atoms with E-state index in [-0.39, 0.29) is 12.6 Å². The average molecular weight is 279 g/mol. The Balaban J connectivity index is 2.36. The molecule has 0 heterocycles. The van der Waals surface area contributed by atoms with Gasteiger partial charge in [0, 0.05) is 12.6 Å². The fourth-order valence-corrected chi connectivity index (χ4v) is 1.95. The van der Waals surface area contributed by atoms with Crippen molar-refractivity contribution in [1.82, 2.24) is 4.90 Å². The van der Waals surface area contributed by atoms with E-state index in [9.17, 15) is 4.79 Å². The van der Waals surface area contributed by atoms with Crippen LogP contribution in [0.2, 0.25) is 0 Å². The van der Waals surface area contributed by atoms with Gasteiger partial charge in [-0.05, 0) is 57.4 Å². The van der Waals surface area contributed by atoms with E-state index in [4.69, 9.17) is 9.84 Å². The Labute approximate surface area is 121 Å². The zero-order chi connectivity index (χ0) is 15.1. The fraction of sp³-hybridized carbons (Fsp3) is 0.562. The highest BCUT2D eigenvalue weighted by Crippen LogP contribution is 2.16. The van der Waals surface area contributed by atoms with Gasteiger partial charge in [-0.25, -0.2) is 0 Å². The molecular formula is C16H25NO3. The van der Waals surface area contributed by atoms with Crippen LogP contribution in [-0.4, -0.2) is 41.7 Å². The van der Waals surface area contributed by atoms with E-state index < -0.39 is 5.97 Å². The molecule has 0 aliphatic carbocycles. The van der Waals surface area contributed by atoms with E-state index in [0.29, 0.717) is 6.61 Å². The molecule has 0 spiro atoms. The van der Waals surface area contributed by atoms with Crippen LogP contribution in [-0.2, 0) is 4.79 Å². The molecule has 4 heteroatoms. The molecule has 112 valence electrons. The molecule has 0 atom stereocenters. The van der Waals surface area contributed by atoms with E-state index >= 15 is 0 Å². The normalized spacial score (nSPS) is 11.1. The summed E-state index contributed by atoms with van der Waals surface area (Å²) in [6, 6.07) is 6.29. The molecular weight excluding hydrogens is 254 g/mol. The van der Waals surface area contributed by atoms with Crippen molar-refractivity contribution >= 4 is 5.97 Å². The molecule has 1 aromatic carbocycles. The van der Waals surface area contributed by atoms with Gasteiger partial charge in [-0.3, -0.25) is 9.69 Å². The fourth-order valence-electron chi connectivity index (χ4n) is 1.95. The molecule has 0 saturated carbocycles. The first-order valence-corrected chi connectivity index (χ1v) is 7.06. The summed E-state index contributed by atoms with van der Waals surface area (Å²) in [5, 5.41) is 8.85. The molecule has 0 aliphatic heterocycles. The number of hydrogen-bond donors (Lipinski definition) is 1. The van der Waals surface area contributed by atoms with Crippen LogP contribution in [0.4, 0.5) is 0 Å². The van der Waals surface area contributed by atoms with Gasteiger partial charge in [-0.15, -0.1) is 0 Å². The smallest absolute Gasteiger partial charge is 0.317 e. The van der Waals surface area contributed by atoms with Crippen LogP contribution in [0.1, 0.15) is 31.4 Å². The van der Waals surface area contributed by atoms with E-state index in [1.54, 1.807) is 0 Å². The molecule has 1 N–H and O–H groups in total. The maximum absolute atomic E-state index is 10.8. The van der Waals surface area contributed by atoms with Gasteiger partial charge in [0.1, 0.15) is 5.75 Å². The molecule has 4 nitrogen and oxygen atoms in total. The zero-order valence-electron chi connectivity index (χ0n) is 12.8. The number of aliphatic carboxylic acids is 1. The average Bonchev–Trinajstić information content (AvgIpc) is 2.36. The molecule has 0 amide bonds. The first-order chi connectivity index (χ1) is 9.40. The van der Waals surface area contributed by atoms with Gasteiger partial charge >= 0.3 is 5.97 Å². The van der Waals surface area contributed by atoms with Crippen LogP contribution in [0.15, 0.2) is 18.2 Å². The van der Waals surface area contributed by atoms with Crippen LogP contribution in [0.3, 0.4) is 0 Å². The van der Waals surface area contributed by atoms with Crippen molar-refractivity contribution < 1.29 is 14.6 Å². The molecule has 0 fully saturated rings. The number of aryl methyl sites for hydroxylation is 2. The van der Waals surface area contributed by atoms with E-state index in [0.717, 1.165) is 18.7 Å². The summed E-state index contributed by atoms with van der Waals surface area (Å²) >= 11 is 0. The second kappa shape index (κ2) is 7.90. The van der Waals surface area contributed by atoms with Gasteiger partial charge in [0.2, 0.25) is 0 Å². The molecule has 0 aromatic heterocycles. The van der Waals surface area contributed by atoms with Crippen molar-refractivity contribution in [3.8, 4) is 5.75 Å². The molecule has 0 radical (unpaired) electrons. The lowest BCUT2D eigenvalue weighted by Crippen LogP contribution is -2.36. The Morgan fingerprint density at radius 3 is 2.55 bits per heavy atom. The minimum Gasteiger partial charge on any atom is -0.494 e. The van der Waals surface area contributed by atoms with Crippen molar-refractivity contribution in [3.05, 3.63) is 29.3 Å². The van der Waals surface area contributed by atoms with Gasteiger partial charge in [-0.2, -0.15) is 0 Å². The standard InChI is InChI=1S/C16H25NO3/c1-12(2)17(11-16(18)19)8-5-9-20-15-7-6-13(3)14(4)10-15/h6-7,10,12H,5,8-9,11H2,1-4H3,(H,18,19). The van der Waals surface area contributed by atoms with Gasteiger partial charge < -0.3 is 9.84 Å². The third kappa shape index (κ3) is 5.61. The highest BCUT2D eigenvalue weighted by molar-refractivity contribution is 5.69. The lowest BCUT2D eigenvalue weighted by atomic mass is 10.1. The van der Waals surface area contributed by atoms with Crippen LogP contribution in [0, 0.1) is 13.8 Å².